The van der Waals surface area contributed by atoms with Gasteiger partial charge in [0.15, 0.2) is 0 Å². The molecule has 0 saturated carbocycles. The van der Waals surface area contributed by atoms with E-state index in [1.165, 1.54) is 19.3 Å². The lowest BCUT2D eigenvalue weighted by Gasteiger charge is -2.38. The van der Waals surface area contributed by atoms with Gasteiger partial charge in [0.1, 0.15) is 17.1 Å². The number of halogens is 9. The third-order valence-electron chi connectivity index (χ3n) is 19.2. The molecule has 6 aromatic carbocycles. The predicted molar refractivity (Wildman–Crippen MR) is 397 cm³/mol. The Balaban J connectivity index is 0.000000157. The fourth-order valence-electron chi connectivity index (χ4n) is 14.0. The molecule has 0 spiro atoms. The molecule has 6 aliphatic heterocycles. The molecule has 0 bridgehead atoms. The average Bonchev–Trinajstić information content (AvgIpc) is 1.63. The Bertz CT molecular complexity index is 3440. The Kier molecular flexibility index (Phi) is 24.7. The lowest BCUT2D eigenvalue weighted by atomic mass is 9.91. The molecule has 12 rings (SSSR count). The normalized spacial score (nSPS) is 26.2. The lowest BCUT2D eigenvalue weighted by Crippen LogP contribution is -2.56. The van der Waals surface area contributed by atoms with E-state index in [4.69, 9.17) is 120 Å². The van der Waals surface area contributed by atoms with E-state index >= 15 is 0 Å². The first-order chi connectivity index (χ1) is 45.8. The number of rotatable bonds is 12. The van der Waals surface area contributed by atoms with Crippen molar-refractivity contribution in [3.63, 3.8) is 0 Å². The van der Waals surface area contributed by atoms with Gasteiger partial charge in [0.25, 0.3) is 17.7 Å². The summed E-state index contributed by atoms with van der Waals surface area (Å²) >= 11 is 56.3. The highest BCUT2D eigenvalue weighted by molar-refractivity contribution is 6.43. The molecule has 24 heteroatoms. The molecule has 0 aromatic heterocycles. The van der Waals surface area contributed by atoms with Crippen molar-refractivity contribution in [2.75, 3.05) is 15.0 Å². The van der Waals surface area contributed by atoms with E-state index in [2.05, 4.69) is 72.8 Å². The minimum atomic E-state index is -0.206. The second-order valence-electron chi connectivity index (χ2n) is 26.1. The molecule has 96 heavy (non-hydrogen) atoms. The van der Waals surface area contributed by atoms with Gasteiger partial charge in [-0.1, -0.05) is 181 Å². The Hall–Kier alpha value is -5.37. The van der Waals surface area contributed by atoms with Gasteiger partial charge < -0.3 is 0 Å². The quantitative estimate of drug-likeness (QED) is 0.109. The van der Waals surface area contributed by atoms with Crippen LogP contribution in [0.5, 0.6) is 0 Å². The monoisotopic (exact) mass is 1480 g/mol. The highest BCUT2D eigenvalue weighted by Crippen LogP contribution is 2.46. The minimum absolute atomic E-state index is 0.168. The van der Waals surface area contributed by atoms with Crippen LogP contribution in [0.1, 0.15) is 155 Å². The summed E-state index contributed by atoms with van der Waals surface area (Å²) in [6.45, 7) is 18.9. The van der Waals surface area contributed by atoms with E-state index < -0.39 is 0 Å². The predicted octanol–water partition coefficient (Wildman–Crippen LogP) is 19.5. The van der Waals surface area contributed by atoms with Crippen LogP contribution in [-0.4, -0.2) is 86.1 Å². The number of carbonyl (C=O) groups excluding carboxylic acids is 3. The Morgan fingerprint density at radius 1 is 0.323 bits per heavy atom. The van der Waals surface area contributed by atoms with Gasteiger partial charge in [0.2, 0.25) is 0 Å². The Labute approximate surface area is 609 Å². The highest BCUT2D eigenvalue weighted by atomic mass is 35.5. The molecular weight excluding hydrogens is 1400 g/mol. The van der Waals surface area contributed by atoms with E-state index in [1.807, 2.05) is 127 Å². The standard InChI is InChI=1S/3C24H27Cl3N4O/c3*1-14-5-4-6-15(2)30(14)29-24(32)22-16(3)23(17-7-9-18(25)10-8-17)31(28-22)21-12-11-19(26)13-20(21)27/h3*7-16,23H,4-6H2,1-3H3,(H,29,32)/t14-,15+,16-,23?;14-,15+,16-,23+;14-,15-,16-,23+/m111/s1. The van der Waals surface area contributed by atoms with Crippen LogP contribution in [0.4, 0.5) is 17.1 Å². The number of nitrogens with one attached hydrogen (secondary N) is 3. The molecule has 1 unspecified atom stereocenters. The molecule has 3 saturated heterocycles. The zero-order chi connectivity index (χ0) is 69.0. The van der Waals surface area contributed by atoms with Crippen LogP contribution in [-0.2, 0) is 14.4 Å². The van der Waals surface area contributed by atoms with Gasteiger partial charge >= 0.3 is 0 Å². The number of carbonyl (C=O) groups is 3. The summed E-state index contributed by atoms with van der Waals surface area (Å²) < 4.78 is 0. The Morgan fingerprint density at radius 2 is 0.531 bits per heavy atom. The summed E-state index contributed by atoms with van der Waals surface area (Å²) in [5.41, 5.74) is 15.9. The average molecular weight is 1480 g/mol. The van der Waals surface area contributed by atoms with Crippen molar-refractivity contribution < 1.29 is 14.4 Å². The van der Waals surface area contributed by atoms with Gasteiger partial charge in [-0.25, -0.2) is 15.0 Å². The smallest absolute Gasteiger partial charge is 0.282 e. The number of hydrazone groups is 3. The summed E-state index contributed by atoms with van der Waals surface area (Å²) in [7, 11) is 0. The molecule has 3 fully saturated rings. The highest BCUT2D eigenvalue weighted by Gasteiger charge is 2.45. The number of nitrogens with zero attached hydrogens (tertiary/aromatic N) is 9. The summed E-state index contributed by atoms with van der Waals surface area (Å²) in [5, 5.41) is 31.0. The van der Waals surface area contributed by atoms with Crippen molar-refractivity contribution in [1.82, 2.24) is 31.3 Å². The molecule has 510 valence electrons. The Morgan fingerprint density at radius 3 is 0.740 bits per heavy atom. The van der Waals surface area contributed by atoms with Crippen LogP contribution in [0.15, 0.2) is 143 Å². The third-order valence-corrected chi connectivity index (χ3v) is 21.6. The van der Waals surface area contributed by atoms with Crippen molar-refractivity contribution in [3.05, 3.63) is 189 Å². The number of amides is 3. The zero-order valence-corrected chi connectivity index (χ0v) is 61.9. The van der Waals surface area contributed by atoms with Crippen LogP contribution in [0, 0.1) is 17.8 Å². The van der Waals surface area contributed by atoms with Gasteiger partial charge in [0.05, 0.1) is 50.3 Å². The number of piperidine rings is 3. The second kappa shape index (κ2) is 32.3. The topological polar surface area (TPSA) is 144 Å². The molecule has 0 aliphatic carbocycles. The van der Waals surface area contributed by atoms with Crippen LogP contribution < -0.4 is 31.3 Å². The molecule has 15 nitrogen and oxygen atoms in total. The van der Waals surface area contributed by atoms with E-state index in [1.54, 1.807) is 36.4 Å². The van der Waals surface area contributed by atoms with E-state index in [9.17, 15) is 14.4 Å². The van der Waals surface area contributed by atoms with Crippen LogP contribution >= 0.6 is 104 Å². The number of hydrogen-bond donors (Lipinski definition) is 3. The third kappa shape index (κ3) is 16.7. The minimum Gasteiger partial charge on any atom is -0.283 e. The first-order valence-electron chi connectivity index (χ1n) is 32.8. The molecule has 6 heterocycles. The molecule has 6 aliphatic rings. The fourth-order valence-corrected chi connectivity index (χ4v) is 15.8. The van der Waals surface area contributed by atoms with E-state index in [0.29, 0.717) is 79.4 Å². The van der Waals surface area contributed by atoms with Gasteiger partial charge in [-0.3, -0.25) is 45.7 Å². The molecule has 3 amide bonds. The first-order valence-corrected chi connectivity index (χ1v) is 36.2. The van der Waals surface area contributed by atoms with E-state index in [-0.39, 0.29) is 89.9 Å². The van der Waals surface area contributed by atoms with Crippen molar-refractivity contribution in [2.24, 2.45) is 33.1 Å². The lowest BCUT2D eigenvalue weighted by molar-refractivity contribution is -0.123. The van der Waals surface area contributed by atoms with Crippen molar-refractivity contribution in [3.8, 4) is 0 Å². The van der Waals surface area contributed by atoms with Gasteiger partial charge in [-0.15, -0.1) is 0 Å². The largest absolute Gasteiger partial charge is 0.283 e. The number of hydrazine groups is 3. The van der Waals surface area contributed by atoms with Crippen molar-refractivity contribution in [2.45, 2.75) is 174 Å². The first kappa shape index (κ1) is 73.3. The molecule has 3 N–H and O–H groups in total. The van der Waals surface area contributed by atoms with E-state index in [0.717, 1.165) is 55.2 Å². The summed E-state index contributed by atoms with van der Waals surface area (Å²) in [5.74, 6) is -1.03. The summed E-state index contributed by atoms with van der Waals surface area (Å²) in [6, 6.07) is 39.9. The van der Waals surface area contributed by atoms with Gasteiger partial charge in [-0.05, 0) is 188 Å². The SMILES string of the molecule is C[C@@H]1C(C(=O)NN2[C@H](C)CCC[C@@H]2C)=NN(c2ccc(Cl)cc2Cl)C1c1ccc(Cl)cc1.C[C@@H]1C(C(=O)NN2[C@H](C)CCC[C@@H]2C)=NN(c2ccc(Cl)cc2Cl)[C@@H]1c1ccc(Cl)cc1.C[C@@H]1C(C(=O)NN2[C@H](C)CCC[C@H]2C)=NN(c2ccc(Cl)cc2Cl)[C@@H]1c1ccc(Cl)cc1. The maximum Gasteiger partial charge on any atom is 0.282 e. The maximum atomic E-state index is 13.4. The van der Waals surface area contributed by atoms with Gasteiger partial charge in [0, 0.05) is 84.1 Å². The molecular formula is C72H81Cl9N12O3. The van der Waals surface area contributed by atoms with Crippen LogP contribution in [0.3, 0.4) is 0 Å². The molecule has 0 radical (unpaired) electrons. The fraction of sp³-hybridized carbons (Fsp3) is 0.417. The zero-order valence-electron chi connectivity index (χ0n) is 55.1. The van der Waals surface area contributed by atoms with Crippen molar-refractivity contribution in [1.29, 1.82) is 0 Å². The van der Waals surface area contributed by atoms with Crippen LogP contribution in [0.2, 0.25) is 45.2 Å². The number of hydrogen-bond acceptors (Lipinski definition) is 12. The maximum absolute atomic E-state index is 13.4. The number of anilines is 3. The molecule has 6 aromatic rings. The summed E-state index contributed by atoms with van der Waals surface area (Å²) in [4.78, 5) is 40.1. The summed E-state index contributed by atoms with van der Waals surface area (Å²) in [6.07, 6.45) is 9.89. The van der Waals surface area contributed by atoms with Gasteiger partial charge in [-0.2, -0.15) is 15.3 Å². The molecule has 12 atom stereocenters. The van der Waals surface area contributed by atoms with Crippen molar-refractivity contribution >= 4 is 156 Å². The second-order valence-corrected chi connectivity index (χ2v) is 29.9. The number of benzene rings is 6. The van der Waals surface area contributed by atoms with Crippen LogP contribution in [0.25, 0.3) is 0 Å².